The standard InChI is InChI=1S/C20H29N5O3S/c1-13-8-14-11-21-19(23-16-4-6-25(7-5-16)29(3,27)28)24-17(14)18(22-13)15-9-20(2,10-15)12-26/h8,11,15-16,26H,4-7,9-10,12H2,1-3H3,(H,21,23,24). The van der Waals surface area contributed by atoms with E-state index in [0.29, 0.717) is 25.0 Å². The van der Waals surface area contributed by atoms with Gasteiger partial charge in [-0.3, -0.25) is 4.98 Å². The monoisotopic (exact) mass is 419 g/mol. The van der Waals surface area contributed by atoms with Crippen molar-refractivity contribution in [1.82, 2.24) is 19.3 Å². The number of aryl methyl sites for hydroxylation is 1. The van der Waals surface area contributed by atoms with Gasteiger partial charge in [-0.25, -0.2) is 22.7 Å². The van der Waals surface area contributed by atoms with Crippen molar-refractivity contribution in [2.24, 2.45) is 5.41 Å². The maximum Gasteiger partial charge on any atom is 0.223 e. The molecular formula is C20H29N5O3S. The van der Waals surface area contributed by atoms with Gasteiger partial charge in [-0.15, -0.1) is 0 Å². The van der Waals surface area contributed by atoms with Crippen molar-refractivity contribution in [3.8, 4) is 0 Å². The molecule has 2 aromatic rings. The van der Waals surface area contributed by atoms with Gasteiger partial charge in [0.2, 0.25) is 16.0 Å². The first-order valence-corrected chi connectivity index (χ1v) is 12.0. The third-order valence-corrected chi connectivity index (χ3v) is 7.53. The number of piperidine rings is 1. The molecule has 1 saturated carbocycles. The second-order valence-corrected chi connectivity index (χ2v) is 10.9. The molecular weight excluding hydrogens is 390 g/mol. The van der Waals surface area contributed by atoms with Crippen LogP contribution in [0.15, 0.2) is 12.3 Å². The van der Waals surface area contributed by atoms with Crippen LogP contribution >= 0.6 is 0 Å². The first-order valence-electron chi connectivity index (χ1n) is 10.1. The molecule has 0 aromatic carbocycles. The van der Waals surface area contributed by atoms with Crippen LogP contribution in [0.25, 0.3) is 10.9 Å². The average Bonchev–Trinajstić information content (AvgIpc) is 2.65. The van der Waals surface area contributed by atoms with Crippen molar-refractivity contribution in [3.63, 3.8) is 0 Å². The Balaban J connectivity index is 1.53. The van der Waals surface area contributed by atoms with Crippen LogP contribution in [0.1, 0.15) is 49.9 Å². The highest BCUT2D eigenvalue weighted by atomic mass is 32.2. The molecule has 9 heteroatoms. The molecule has 1 saturated heterocycles. The number of sulfonamides is 1. The van der Waals surface area contributed by atoms with Crippen molar-refractivity contribution in [3.05, 3.63) is 23.7 Å². The van der Waals surface area contributed by atoms with Gasteiger partial charge in [-0.1, -0.05) is 6.92 Å². The summed E-state index contributed by atoms with van der Waals surface area (Å²) in [4.78, 5) is 14.0. The highest BCUT2D eigenvalue weighted by Crippen LogP contribution is 2.51. The van der Waals surface area contributed by atoms with Gasteiger partial charge in [-0.2, -0.15) is 0 Å². The number of nitrogens with zero attached hydrogens (tertiary/aromatic N) is 4. The summed E-state index contributed by atoms with van der Waals surface area (Å²) in [6.07, 6.45) is 6.36. The van der Waals surface area contributed by atoms with Crippen molar-refractivity contribution in [2.75, 3.05) is 31.3 Å². The summed E-state index contributed by atoms with van der Waals surface area (Å²) in [6, 6.07) is 2.14. The van der Waals surface area contributed by atoms with Gasteiger partial charge in [-0.05, 0) is 44.1 Å². The number of aliphatic hydroxyl groups excluding tert-OH is 1. The normalized spacial score (nSPS) is 26.4. The molecule has 2 aromatic heterocycles. The first kappa shape index (κ1) is 20.4. The molecule has 0 atom stereocenters. The second kappa shape index (κ2) is 7.45. The van der Waals surface area contributed by atoms with Gasteiger partial charge < -0.3 is 10.4 Å². The predicted octanol–water partition coefficient (Wildman–Crippen LogP) is 2.05. The fourth-order valence-electron chi connectivity index (χ4n) is 4.52. The topological polar surface area (TPSA) is 108 Å². The van der Waals surface area contributed by atoms with Crippen LogP contribution < -0.4 is 5.32 Å². The van der Waals surface area contributed by atoms with Gasteiger partial charge in [0.1, 0.15) is 0 Å². The van der Waals surface area contributed by atoms with Gasteiger partial charge >= 0.3 is 0 Å². The summed E-state index contributed by atoms with van der Waals surface area (Å²) >= 11 is 0. The minimum atomic E-state index is -3.13. The Morgan fingerprint density at radius 3 is 2.59 bits per heavy atom. The SMILES string of the molecule is Cc1cc2cnc(NC3CCN(S(C)(=O)=O)CC3)nc2c(C2CC(C)(CO)C2)n1. The van der Waals surface area contributed by atoms with Gasteiger partial charge in [0.25, 0.3) is 0 Å². The lowest BCUT2D eigenvalue weighted by Crippen LogP contribution is -2.42. The Bertz CT molecular complexity index is 1010. The summed E-state index contributed by atoms with van der Waals surface area (Å²) in [7, 11) is -3.13. The minimum absolute atomic E-state index is 0.0237. The number of hydrogen-bond donors (Lipinski definition) is 2. The lowest BCUT2D eigenvalue weighted by molar-refractivity contribution is 0.0425. The van der Waals surface area contributed by atoms with E-state index in [1.54, 1.807) is 0 Å². The molecule has 0 amide bonds. The number of rotatable bonds is 5. The summed E-state index contributed by atoms with van der Waals surface area (Å²) in [5, 5.41) is 13.9. The molecule has 2 N–H and O–H groups in total. The van der Waals surface area contributed by atoms with Crippen LogP contribution in [-0.2, 0) is 10.0 Å². The fraction of sp³-hybridized carbons (Fsp3) is 0.650. The van der Waals surface area contributed by atoms with Crippen LogP contribution in [0.5, 0.6) is 0 Å². The van der Waals surface area contributed by atoms with E-state index in [-0.39, 0.29) is 18.1 Å². The van der Waals surface area contributed by atoms with E-state index in [1.165, 1.54) is 10.6 Å². The molecule has 2 fully saturated rings. The quantitative estimate of drug-likeness (QED) is 0.763. The zero-order valence-electron chi connectivity index (χ0n) is 17.2. The number of aliphatic hydroxyl groups is 1. The Labute approximate surface area is 171 Å². The number of pyridine rings is 1. The molecule has 0 unspecified atom stereocenters. The Morgan fingerprint density at radius 1 is 1.28 bits per heavy atom. The third-order valence-electron chi connectivity index (χ3n) is 6.22. The molecule has 3 heterocycles. The minimum Gasteiger partial charge on any atom is -0.396 e. The predicted molar refractivity (Wildman–Crippen MR) is 112 cm³/mol. The van der Waals surface area contributed by atoms with Crippen molar-refractivity contribution in [1.29, 1.82) is 0 Å². The summed E-state index contributed by atoms with van der Waals surface area (Å²) in [6.45, 7) is 5.30. The van der Waals surface area contributed by atoms with E-state index in [1.807, 2.05) is 19.2 Å². The van der Waals surface area contributed by atoms with Crippen LogP contribution in [0, 0.1) is 12.3 Å². The van der Waals surface area contributed by atoms with Crippen LogP contribution in [0.2, 0.25) is 0 Å². The zero-order valence-corrected chi connectivity index (χ0v) is 18.0. The third kappa shape index (κ3) is 4.22. The van der Waals surface area contributed by atoms with E-state index in [9.17, 15) is 13.5 Å². The van der Waals surface area contributed by atoms with E-state index in [0.717, 1.165) is 48.0 Å². The lowest BCUT2D eigenvalue weighted by atomic mass is 9.62. The number of fused-ring (bicyclic) bond motifs is 1. The summed E-state index contributed by atoms with van der Waals surface area (Å²) in [5.74, 6) is 0.863. The Kier molecular flexibility index (Phi) is 5.25. The van der Waals surface area contributed by atoms with E-state index in [2.05, 4.69) is 17.2 Å². The highest BCUT2D eigenvalue weighted by molar-refractivity contribution is 7.88. The molecule has 29 heavy (non-hydrogen) atoms. The van der Waals surface area contributed by atoms with Crippen molar-refractivity contribution in [2.45, 2.75) is 51.5 Å². The van der Waals surface area contributed by atoms with Crippen LogP contribution in [0.3, 0.4) is 0 Å². The van der Waals surface area contributed by atoms with Crippen molar-refractivity contribution < 1.29 is 13.5 Å². The molecule has 0 spiro atoms. The number of anilines is 1. The molecule has 0 radical (unpaired) electrons. The number of aromatic nitrogens is 3. The fourth-order valence-corrected chi connectivity index (χ4v) is 5.40. The average molecular weight is 420 g/mol. The molecule has 8 nitrogen and oxygen atoms in total. The number of hydrogen-bond acceptors (Lipinski definition) is 7. The Morgan fingerprint density at radius 2 is 1.97 bits per heavy atom. The summed E-state index contributed by atoms with van der Waals surface area (Å²) in [5.41, 5.74) is 2.78. The van der Waals surface area contributed by atoms with E-state index >= 15 is 0 Å². The van der Waals surface area contributed by atoms with Crippen molar-refractivity contribution >= 4 is 26.9 Å². The Hall–Kier alpha value is -1.84. The largest absolute Gasteiger partial charge is 0.396 e. The lowest BCUT2D eigenvalue weighted by Gasteiger charge is -2.44. The molecule has 4 rings (SSSR count). The summed E-state index contributed by atoms with van der Waals surface area (Å²) < 4.78 is 24.9. The highest BCUT2D eigenvalue weighted by Gasteiger charge is 2.42. The zero-order chi connectivity index (χ0) is 20.8. The van der Waals surface area contributed by atoms with Crippen LogP contribution in [0.4, 0.5) is 5.95 Å². The second-order valence-electron chi connectivity index (χ2n) is 8.93. The van der Waals surface area contributed by atoms with Gasteiger partial charge in [0, 0.05) is 48.9 Å². The molecule has 1 aliphatic heterocycles. The maximum absolute atomic E-state index is 11.7. The maximum atomic E-state index is 11.7. The van der Waals surface area contributed by atoms with E-state index < -0.39 is 10.0 Å². The smallest absolute Gasteiger partial charge is 0.223 e. The van der Waals surface area contributed by atoms with Gasteiger partial charge in [0.05, 0.1) is 17.5 Å². The molecule has 0 bridgehead atoms. The number of nitrogens with one attached hydrogen (secondary N) is 1. The van der Waals surface area contributed by atoms with E-state index in [4.69, 9.17) is 9.97 Å². The van der Waals surface area contributed by atoms with Gasteiger partial charge in [0.15, 0.2) is 0 Å². The molecule has 1 aliphatic carbocycles. The molecule has 158 valence electrons. The first-order chi connectivity index (χ1) is 13.7. The molecule has 2 aliphatic rings. The van der Waals surface area contributed by atoms with Crippen LogP contribution in [-0.4, -0.2) is 64.8 Å².